The molecule has 0 bridgehead atoms. The van der Waals surface area contributed by atoms with Crippen molar-refractivity contribution in [3.8, 4) is 0 Å². The van der Waals surface area contributed by atoms with Gasteiger partial charge in [0, 0.05) is 13.5 Å². The summed E-state index contributed by atoms with van der Waals surface area (Å²) in [4.78, 5) is 0. The molecule has 0 aliphatic carbocycles. The molecule has 0 aliphatic heterocycles. The van der Waals surface area contributed by atoms with E-state index in [1.165, 1.54) is 6.07 Å². The van der Waals surface area contributed by atoms with Crippen LogP contribution in [0.2, 0.25) is 0 Å². The SMILES string of the molecule is CNc1nonc1C(Cc1ccc(F)c(Br)c1)=NO. The minimum absolute atomic E-state index is 0.262. The van der Waals surface area contributed by atoms with Crippen LogP contribution in [0.5, 0.6) is 0 Å². The highest BCUT2D eigenvalue weighted by Gasteiger charge is 2.17. The van der Waals surface area contributed by atoms with Crippen molar-refractivity contribution >= 4 is 27.5 Å². The lowest BCUT2D eigenvalue weighted by atomic mass is 10.1. The van der Waals surface area contributed by atoms with Gasteiger partial charge in [-0.2, -0.15) is 0 Å². The van der Waals surface area contributed by atoms with Crippen LogP contribution >= 0.6 is 15.9 Å². The maximum Gasteiger partial charge on any atom is 0.200 e. The summed E-state index contributed by atoms with van der Waals surface area (Å²) in [6.07, 6.45) is 0.262. The van der Waals surface area contributed by atoms with E-state index in [2.05, 4.69) is 41.3 Å². The standard InChI is InChI=1S/C11H10BrFN4O2/c1-14-11-10(16-19-17-11)9(15-18)5-6-2-3-8(13)7(12)4-6/h2-4,18H,5H2,1H3,(H,14,17). The van der Waals surface area contributed by atoms with Gasteiger partial charge in [0.1, 0.15) is 11.5 Å². The molecule has 0 radical (unpaired) electrons. The number of nitrogens with one attached hydrogen (secondary N) is 1. The van der Waals surface area contributed by atoms with Crippen LogP contribution in [0.25, 0.3) is 0 Å². The summed E-state index contributed by atoms with van der Waals surface area (Å²) in [5.41, 5.74) is 1.33. The van der Waals surface area contributed by atoms with Gasteiger partial charge in [-0.25, -0.2) is 9.02 Å². The van der Waals surface area contributed by atoms with Crippen LogP contribution in [0.1, 0.15) is 11.3 Å². The van der Waals surface area contributed by atoms with Crippen LogP contribution in [-0.2, 0) is 6.42 Å². The third kappa shape index (κ3) is 2.90. The van der Waals surface area contributed by atoms with Crippen LogP contribution in [-0.4, -0.2) is 28.3 Å². The van der Waals surface area contributed by atoms with E-state index < -0.39 is 0 Å². The molecular formula is C11H10BrFN4O2. The first-order valence-electron chi connectivity index (χ1n) is 5.31. The monoisotopic (exact) mass is 328 g/mol. The predicted octanol–water partition coefficient (Wildman–Crippen LogP) is 2.43. The summed E-state index contributed by atoms with van der Waals surface area (Å²) in [7, 11) is 1.65. The molecule has 0 amide bonds. The third-order valence-corrected chi connectivity index (χ3v) is 3.08. The molecule has 19 heavy (non-hydrogen) atoms. The number of nitrogens with zero attached hydrogens (tertiary/aromatic N) is 3. The second-order valence-corrected chi connectivity index (χ2v) is 4.54. The Morgan fingerprint density at radius 2 is 2.32 bits per heavy atom. The number of oxime groups is 1. The van der Waals surface area contributed by atoms with Crippen molar-refractivity contribution in [3.63, 3.8) is 0 Å². The first kappa shape index (κ1) is 13.5. The van der Waals surface area contributed by atoms with Crippen LogP contribution in [0, 0.1) is 5.82 Å². The molecule has 0 saturated heterocycles. The van der Waals surface area contributed by atoms with Crippen molar-refractivity contribution in [1.29, 1.82) is 0 Å². The number of hydrogen-bond acceptors (Lipinski definition) is 6. The van der Waals surface area contributed by atoms with Gasteiger partial charge in [-0.3, -0.25) is 0 Å². The quantitative estimate of drug-likeness (QED) is 0.511. The first-order valence-corrected chi connectivity index (χ1v) is 6.10. The molecular weight excluding hydrogens is 319 g/mol. The van der Waals surface area contributed by atoms with E-state index in [0.717, 1.165) is 5.56 Å². The highest BCUT2D eigenvalue weighted by molar-refractivity contribution is 9.10. The number of rotatable bonds is 4. The third-order valence-electron chi connectivity index (χ3n) is 2.47. The number of aromatic nitrogens is 2. The Labute approximate surface area is 116 Å². The molecule has 100 valence electrons. The highest BCUT2D eigenvalue weighted by atomic mass is 79.9. The number of halogens is 2. The smallest absolute Gasteiger partial charge is 0.200 e. The van der Waals surface area contributed by atoms with Crippen molar-refractivity contribution in [2.45, 2.75) is 6.42 Å². The number of anilines is 1. The zero-order chi connectivity index (χ0) is 13.8. The van der Waals surface area contributed by atoms with E-state index >= 15 is 0 Å². The van der Waals surface area contributed by atoms with E-state index in [-0.39, 0.29) is 17.9 Å². The van der Waals surface area contributed by atoms with Gasteiger partial charge >= 0.3 is 0 Å². The lowest BCUT2D eigenvalue weighted by Gasteiger charge is -2.04. The molecule has 0 atom stereocenters. The highest BCUT2D eigenvalue weighted by Crippen LogP contribution is 2.19. The van der Waals surface area contributed by atoms with Crippen molar-refractivity contribution in [1.82, 2.24) is 10.3 Å². The van der Waals surface area contributed by atoms with Crippen molar-refractivity contribution in [2.24, 2.45) is 5.16 Å². The summed E-state index contributed by atoms with van der Waals surface area (Å²) in [5.74, 6) is 0.0132. The average molecular weight is 329 g/mol. The van der Waals surface area contributed by atoms with Crippen LogP contribution < -0.4 is 5.32 Å². The molecule has 1 aromatic heterocycles. The molecule has 8 heteroatoms. The van der Waals surface area contributed by atoms with E-state index in [1.54, 1.807) is 19.2 Å². The number of hydrogen-bond donors (Lipinski definition) is 2. The van der Waals surface area contributed by atoms with E-state index in [4.69, 9.17) is 5.21 Å². The fraction of sp³-hybridized carbons (Fsp3) is 0.182. The minimum atomic E-state index is -0.356. The van der Waals surface area contributed by atoms with Gasteiger partial charge in [0.15, 0.2) is 11.5 Å². The van der Waals surface area contributed by atoms with Gasteiger partial charge in [-0.05, 0) is 43.9 Å². The summed E-state index contributed by atoms with van der Waals surface area (Å²) < 4.78 is 18.1. The zero-order valence-corrected chi connectivity index (χ0v) is 11.5. The molecule has 0 fully saturated rings. The summed E-state index contributed by atoms with van der Waals surface area (Å²) in [6.45, 7) is 0. The number of benzene rings is 1. The fourth-order valence-corrected chi connectivity index (χ4v) is 1.98. The maximum absolute atomic E-state index is 13.1. The zero-order valence-electron chi connectivity index (χ0n) is 9.89. The van der Waals surface area contributed by atoms with Crippen molar-refractivity contribution in [2.75, 3.05) is 12.4 Å². The van der Waals surface area contributed by atoms with Gasteiger partial charge in [0.05, 0.1) is 4.47 Å². The Kier molecular flexibility index (Phi) is 4.10. The molecule has 0 unspecified atom stereocenters. The normalized spacial score (nSPS) is 11.6. The summed E-state index contributed by atoms with van der Waals surface area (Å²) in [6, 6.07) is 4.53. The second-order valence-electron chi connectivity index (χ2n) is 3.68. The van der Waals surface area contributed by atoms with E-state index in [9.17, 15) is 4.39 Å². The Morgan fingerprint density at radius 1 is 1.53 bits per heavy atom. The van der Waals surface area contributed by atoms with Gasteiger partial charge in [-0.15, -0.1) is 0 Å². The van der Waals surface area contributed by atoms with E-state index in [0.29, 0.717) is 16.0 Å². The molecule has 2 N–H and O–H groups in total. The molecule has 2 aromatic rings. The Bertz CT molecular complexity index is 614. The molecule has 2 rings (SSSR count). The van der Waals surface area contributed by atoms with Crippen LogP contribution in [0.15, 0.2) is 32.5 Å². The second kappa shape index (κ2) is 5.79. The average Bonchev–Trinajstić information content (AvgIpc) is 2.88. The largest absolute Gasteiger partial charge is 0.411 e. The van der Waals surface area contributed by atoms with Crippen molar-refractivity contribution < 1.29 is 14.2 Å². The van der Waals surface area contributed by atoms with Gasteiger partial charge in [0.2, 0.25) is 0 Å². The summed E-state index contributed by atoms with van der Waals surface area (Å²) in [5, 5.41) is 22.3. The first-order chi connectivity index (χ1) is 9.15. The Hall–Kier alpha value is -1.96. The van der Waals surface area contributed by atoms with Gasteiger partial charge < -0.3 is 10.5 Å². The van der Waals surface area contributed by atoms with Crippen LogP contribution in [0.4, 0.5) is 10.2 Å². The lowest BCUT2D eigenvalue weighted by molar-refractivity contribution is 0.304. The molecule has 6 nitrogen and oxygen atoms in total. The topological polar surface area (TPSA) is 83.5 Å². The molecule has 1 heterocycles. The Morgan fingerprint density at radius 3 is 2.95 bits per heavy atom. The molecule has 0 spiro atoms. The van der Waals surface area contributed by atoms with Crippen LogP contribution in [0.3, 0.4) is 0 Å². The van der Waals surface area contributed by atoms with Crippen molar-refractivity contribution in [3.05, 3.63) is 39.7 Å². The molecule has 0 aliphatic rings. The van der Waals surface area contributed by atoms with E-state index in [1.807, 2.05) is 0 Å². The van der Waals surface area contributed by atoms with Gasteiger partial charge in [-0.1, -0.05) is 11.2 Å². The van der Waals surface area contributed by atoms with Gasteiger partial charge in [0.25, 0.3) is 0 Å². The molecule has 1 aromatic carbocycles. The Balaban J connectivity index is 2.27. The summed E-state index contributed by atoms with van der Waals surface area (Å²) >= 11 is 3.10. The fourth-order valence-electron chi connectivity index (χ4n) is 1.55. The maximum atomic E-state index is 13.1. The predicted molar refractivity (Wildman–Crippen MR) is 70.0 cm³/mol. The molecule has 0 saturated carbocycles. The lowest BCUT2D eigenvalue weighted by Crippen LogP contribution is -2.09. The minimum Gasteiger partial charge on any atom is -0.411 e.